The van der Waals surface area contributed by atoms with Crippen molar-refractivity contribution in [3.63, 3.8) is 0 Å². The van der Waals surface area contributed by atoms with E-state index in [1.54, 1.807) is 13.8 Å². The molecule has 0 aliphatic rings. The van der Waals surface area contributed by atoms with Gasteiger partial charge in [0, 0.05) is 12.8 Å². The second kappa shape index (κ2) is 10.1. The summed E-state index contributed by atoms with van der Waals surface area (Å²) in [4.78, 5) is 34.2. The largest absolute Gasteiger partial charge is 0.461 e. The van der Waals surface area contributed by atoms with E-state index < -0.39 is 17.9 Å². The normalized spacial score (nSPS) is 11.8. The van der Waals surface area contributed by atoms with E-state index in [2.05, 4.69) is 5.32 Å². The molecule has 0 spiro atoms. The molecule has 0 aromatic heterocycles. The predicted octanol–water partition coefficient (Wildman–Crippen LogP) is 0.194. The number of ether oxygens (including phenoxy) is 1. The lowest BCUT2D eigenvalue weighted by Crippen LogP contribution is -2.42. The van der Waals surface area contributed by atoms with Crippen molar-refractivity contribution < 1.29 is 24.2 Å². The Balaban J connectivity index is 4.45. The highest BCUT2D eigenvalue weighted by Gasteiger charge is 2.22. The van der Waals surface area contributed by atoms with Crippen molar-refractivity contribution in [2.75, 3.05) is 6.61 Å². The van der Waals surface area contributed by atoms with Crippen molar-refractivity contribution in [3.05, 3.63) is 0 Å². The van der Waals surface area contributed by atoms with E-state index in [0.29, 0.717) is 6.42 Å². The molecule has 0 rings (SSSR count). The third-order valence-corrected chi connectivity index (χ3v) is 2.39. The smallest absolute Gasteiger partial charge is 0.328 e. The average molecular weight is 286 g/mol. The molecule has 0 heterocycles. The predicted molar refractivity (Wildman–Crippen MR) is 72.5 cm³/mol. The summed E-state index contributed by atoms with van der Waals surface area (Å²) in [6.45, 7) is 3.09. The third kappa shape index (κ3) is 8.36. The molecule has 20 heavy (non-hydrogen) atoms. The van der Waals surface area contributed by atoms with Crippen LogP contribution >= 0.6 is 0 Å². The molecule has 7 heteroatoms. The molecule has 0 saturated heterocycles. The van der Waals surface area contributed by atoms with Crippen molar-refractivity contribution in [2.24, 2.45) is 0 Å². The summed E-state index contributed by atoms with van der Waals surface area (Å²) >= 11 is 0. The van der Waals surface area contributed by atoms with Crippen LogP contribution in [0.4, 0.5) is 0 Å². The molecule has 1 atom stereocenters. The molecule has 0 aromatic carbocycles. The Hall–Kier alpha value is -1.76. The van der Waals surface area contributed by atoms with Crippen molar-refractivity contribution in [2.45, 2.75) is 51.7 Å². The summed E-state index contributed by atoms with van der Waals surface area (Å²) in [6, 6.07) is -0.838. The van der Waals surface area contributed by atoms with E-state index in [1.165, 1.54) is 0 Å². The van der Waals surface area contributed by atoms with Crippen molar-refractivity contribution in [1.29, 1.82) is 5.41 Å². The number of amides is 1. The minimum absolute atomic E-state index is 0.0924. The number of hydrogen-bond donors (Lipinski definition) is 3. The van der Waals surface area contributed by atoms with Crippen LogP contribution in [-0.2, 0) is 19.1 Å². The Morgan fingerprint density at radius 2 is 1.95 bits per heavy atom. The van der Waals surface area contributed by atoms with Gasteiger partial charge in [-0.2, -0.15) is 0 Å². The topological polar surface area (TPSA) is 117 Å². The number of esters is 1. The maximum atomic E-state index is 11.8. The molecule has 1 amide bonds. The van der Waals surface area contributed by atoms with Crippen LogP contribution in [0, 0.1) is 5.41 Å². The Kier molecular flexibility index (Phi) is 9.19. The molecule has 0 aliphatic heterocycles. The number of aliphatic hydroxyl groups excluding tert-OH is 1. The number of carbonyl (C=O) groups is 3. The number of carbonyl (C=O) groups excluding carboxylic acids is 3. The van der Waals surface area contributed by atoms with Crippen LogP contribution in [0.2, 0.25) is 0 Å². The zero-order chi connectivity index (χ0) is 15.5. The molecule has 0 aromatic rings. The molecule has 114 valence electrons. The van der Waals surface area contributed by atoms with Gasteiger partial charge in [0.2, 0.25) is 5.91 Å². The molecule has 0 radical (unpaired) electrons. The standard InChI is InChI=1S/C13H22N2O5/c1-9(2)20-13(19)11(15-12(18)6-7-16)5-3-4-10(17)8-14/h8-9,11,14,16H,3-7H2,1-2H3,(H,15,18)/t11-/m0/s1. The van der Waals surface area contributed by atoms with Crippen LogP contribution in [0.15, 0.2) is 0 Å². The van der Waals surface area contributed by atoms with Crippen LogP contribution in [0.25, 0.3) is 0 Å². The zero-order valence-corrected chi connectivity index (χ0v) is 11.8. The molecule has 0 fully saturated rings. The van der Waals surface area contributed by atoms with Gasteiger partial charge < -0.3 is 20.6 Å². The van der Waals surface area contributed by atoms with Crippen LogP contribution < -0.4 is 5.32 Å². The molecule has 0 bridgehead atoms. The summed E-state index contributed by atoms with van der Waals surface area (Å²) in [7, 11) is 0. The second-order valence-corrected chi connectivity index (χ2v) is 4.58. The first kappa shape index (κ1) is 18.2. The van der Waals surface area contributed by atoms with Gasteiger partial charge in [-0.05, 0) is 26.7 Å². The SMILES string of the molecule is CC(C)OC(=O)[C@H](CCCC(=O)C=N)NC(=O)CCO. The van der Waals surface area contributed by atoms with Crippen LogP contribution in [0.5, 0.6) is 0 Å². The summed E-state index contributed by atoms with van der Waals surface area (Å²) in [5.41, 5.74) is 0. The number of aliphatic hydroxyl groups is 1. The van der Waals surface area contributed by atoms with Gasteiger partial charge in [0.25, 0.3) is 0 Å². The van der Waals surface area contributed by atoms with Gasteiger partial charge in [-0.3, -0.25) is 9.59 Å². The fraction of sp³-hybridized carbons (Fsp3) is 0.692. The number of rotatable bonds is 10. The van der Waals surface area contributed by atoms with E-state index in [4.69, 9.17) is 15.3 Å². The molecular weight excluding hydrogens is 264 g/mol. The van der Waals surface area contributed by atoms with Gasteiger partial charge in [-0.15, -0.1) is 0 Å². The first-order chi connectivity index (χ1) is 9.40. The summed E-state index contributed by atoms with van der Waals surface area (Å²) < 4.78 is 5.03. The van der Waals surface area contributed by atoms with Gasteiger partial charge in [-0.1, -0.05) is 0 Å². The third-order valence-electron chi connectivity index (χ3n) is 2.39. The summed E-state index contributed by atoms with van der Waals surface area (Å²) in [5, 5.41) is 17.9. The highest BCUT2D eigenvalue weighted by Crippen LogP contribution is 2.06. The number of ketones is 1. The first-order valence-electron chi connectivity index (χ1n) is 6.54. The Labute approximate surface area is 118 Å². The lowest BCUT2D eigenvalue weighted by atomic mass is 10.1. The second-order valence-electron chi connectivity index (χ2n) is 4.58. The Bertz CT molecular complexity index is 355. The molecule has 7 nitrogen and oxygen atoms in total. The summed E-state index contributed by atoms with van der Waals surface area (Å²) in [5.74, 6) is -1.34. The van der Waals surface area contributed by atoms with Gasteiger partial charge in [0.05, 0.1) is 18.9 Å². The van der Waals surface area contributed by atoms with Crippen molar-refractivity contribution in [1.82, 2.24) is 5.32 Å². The van der Waals surface area contributed by atoms with Gasteiger partial charge in [-0.25, -0.2) is 4.79 Å². The monoisotopic (exact) mass is 286 g/mol. The number of Topliss-reactive ketones (excluding diaryl/α,β-unsaturated/α-hetero) is 1. The molecule has 0 unspecified atom stereocenters. The fourth-order valence-electron chi connectivity index (χ4n) is 1.48. The van der Waals surface area contributed by atoms with Gasteiger partial charge in [0.15, 0.2) is 5.78 Å². The van der Waals surface area contributed by atoms with Crippen molar-refractivity contribution >= 4 is 23.9 Å². The van der Waals surface area contributed by atoms with E-state index in [-0.39, 0.29) is 37.8 Å². The highest BCUT2D eigenvalue weighted by atomic mass is 16.5. The fourth-order valence-corrected chi connectivity index (χ4v) is 1.48. The van der Waals surface area contributed by atoms with Crippen LogP contribution in [0.3, 0.4) is 0 Å². The van der Waals surface area contributed by atoms with Gasteiger partial charge in [0.1, 0.15) is 6.04 Å². The Morgan fingerprint density at radius 3 is 2.45 bits per heavy atom. The Morgan fingerprint density at radius 1 is 1.30 bits per heavy atom. The first-order valence-corrected chi connectivity index (χ1v) is 6.54. The maximum Gasteiger partial charge on any atom is 0.328 e. The summed E-state index contributed by atoms with van der Waals surface area (Å²) in [6.07, 6.45) is 1.10. The van der Waals surface area contributed by atoms with E-state index in [1.807, 2.05) is 0 Å². The van der Waals surface area contributed by atoms with Gasteiger partial charge >= 0.3 is 5.97 Å². The highest BCUT2D eigenvalue weighted by molar-refractivity contribution is 6.26. The van der Waals surface area contributed by atoms with E-state index in [9.17, 15) is 14.4 Å². The van der Waals surface area contributed by atoms with E-state index in [0.717, 1.165) is 6.21 Å². The van der Waals surface area contributed by atoms with Crippen LogP contribution in [-0.4, -0.2) is 47.7 Å². The van der Waals surface area contributed by atoms with Crippen molar-refractivity contribution in [3.8, 4) is 0 Å². The quantitative estimate of drug-likeness (QED) is 0.391. The maximum absolute atomic E-state index is 11.8. The molecule has 0 saturated carbocycles. The molecule has 0 aliphatic carbocycles. The van der Waals surface area contributed by atoms with E-state index >= 15 is 0 Å². The average Bonchev–Trinajstić information content (AvgIpc) is 2.36. The minimum atomic E-state index is -0.838. The molecule has 3 N–H and O–H groups in total. The lowest BCUT2D eigenvalue weighted by Gasteiger charge is -2.18. The molecular formula is C13H22N2O5. The lowest BCUT2D eigenvalue weighted by molar-refractivity contribution is -0.151. The number of hydrogen-bond acceptors (Lipinski definition) is 6. The number of nitrogens with one attached hydrogen (secondary N) is 2. The van der Waals surface area contributed by atoms with Crippen LogP contribution in [0.1, 0.15) is 39.5 Å². The zero-order valence-electron chi connectivity index (χ0n) is 11.8. The minimum Gasteiger partial charge on any atom is -0.461 e.